The number of halogens is 1. The van der Waals surface area contributed by atoms with Gasteiger partial charge in [-0.05, 0) is 24.3 Å². The summed E-state index contributed by atoms with van der Waals surface area (Å²) in [6.07, 6.45) is 2.02. The van der Waals surface area contributed by atoms with E-state index in [2.05, 4.69) is 10.3 Å². The first-order valence-electron chi connectivity index (χ1n) is 6.41. The molecular formula is C15H15FN2O2S. The molecule has 1 heterocycles. The molecule has 4 nitrogen and oxygen atoms in total. The highest BCUT2D eigenvalue weighted by Crippen LogP contribution is 2.19. The lowest BCUT2D eigenvalue weighted by molar-refractivity contribution is -0.115. The molecule has 0 aliphatic heterocycles. The monoisotopic (exact) mass is 306 g/mol. The van der Waals surface area contributed by atoms with Gasteiger partial charge in [-0.25, -0.2) is 4.39 Å². The third-order valence-corrected chi connectivity index (χ3v) is 3.67. The average molecular weight is 306 g/mol. The predicted molar refractivity (Wildman–Crippen MR) is 81.7 cm³/mol. The summed E-state index contributed by atoms with van der Waals surface area (Å²) >= 11 is 1.59. The minimum absolute atomic E-state index is 0.0764. The van der Waals surface area contributed by atoms with E-state index in [0.717, 1.165) is 17.5 Å². The van der Waals surface area contributed by atoms with Gasteiger partial charge in [0.25, 0.3) is 0 Å². The van der Waals surface area contributed by atoms with Crippen molar-refractivity contribution in [3.63, 3.8) is 0 Å². The van der Waals surface area contributed by atoms with E-state index in [1.165, 1.54) is 12.1 Å². The van der Waals surface area contributed by atoms with E-state index < -0.39 is 5.82 Å². The zero-order valence-electron chi connectivity index (χ0n) is 11.3. The number of carbonyl (C=O) groups excluding carboxylic acids is 1. The fraction of sp³-hybridized carbons (Fsp3) is 0.200. The Labute approximate surface area is 126 Å². The van der Waals surface area contributed by atoms with Gasteiger partial charge in [0.15, 0.2) is 0 Å². The molecule has 0 aliphatic rings. The Morgan fingerprint density at radius 2 is 2.19 bits per heavy atom. The van der Waals surface area contributed by atoms with Crippen LogP contribution in [0.1, 0.15) is 12.1 Å². The lowest BCUT2D eigenvalue weighted by Gasteiger charge is -2.06. The molecule has 2 aromatic rings. The number of phenolic OH excluding ortho intramolecular Hbond substituents is 1. The van der Waals surface area contributed by atoms with Crippen LogP contribution in [-0.2, 0) is 10.5 Å². The molecule has 0 spiro atoms. The second kappa shape index (κ2) is 7.64. The number of aromatic nitrogens is 1. The van der Waals surface area contributed by atoms with Gasteiger partial charge in [-0.3, -0.25) is 9.78 Å². The summed E-state index contributed by atoms with van der Waals surface area (Å²) in [5.41, 5.74) is 1.04. The standard InChI is InChI=1S/C15H15FN2O2S/c16-13-9-12(19)4-5-14(13)18-15(20)6-8-21-10-11-3-1-2-7-17-11/h1-5,7,9,19H,6,8,10H2,(H,18,20). The Hall–Kier alpha value is -2.08. The van der Waals surface area contributed by atoms with Gasteiger partial charge in [0.1, 0.15) is 11.6 Å². The van der Waals surface area contributed by atoms with E-state index in [1.807, 2.05) is 18.2 Å². The van der Waals surface area contributed by atoms with Gasteiger partial charge in [-0.1, -0.05) is 6.07 Å². The third-order valence-electron chi connectivity index (χ3n) is 2.68. The zero-order valence-corrected chi connectivity index (χ0v) is 12.1. The number of aromatic hydroxyl groups is 1. The molecule has 0 saturated heterocycles. The average Bonchev–Trinajstić information content (AvgIpc) is 2.48. The Balaban J connectivity index is 1.72. The number of benzene rings is 1. The minimum Gasteiger partial charge on any atom is -0.508 e. The van der Waals surface area contributed by atoms with Gasteiger partial charge in [-0.15, -0.1) is 0 Å². The second-order valence-electron chi connectivity index (χ2n) is 4.34. The van der Waals surface area contributed by atoms with Crippen molar-refractivity contribution in [2.75, 3.05) is 11.1 Å². The van der Waals surface area contributed by atoms with Crippen LogP contribution >= 0.6 is 11.8 Å². The summed E-state index contributed by atoms with van der Waals surface area (Å²) in [7, 11) is 0. The van der Waals surface area contributed by atoms with Gasteiger partial charge < -0.3 is 10.4 Å². The van der Waals surface area contributed by atoms with Crippen molar-refractivity contribution in [1.29, 1.82) is 0 Å². The Morgan fingerprint density at radius 1 is 1.33 bits per heavy atom. The maximum Gasteiger partial charge on any atom is 0.225 e. The molecule has 110 valence electrons. The molecule has 6 heteroatoms. The predicted octanol–water partition coefficient (Wildman–Crippen LogP) is 3.19. The number of carbonyl (C=O) groups is 1. The van der Waals surface area contributed by atoms with E-state index in [0.29, 0.717) is 5.75 Å². The lowest BCUT2D eigenvalue weighted by Crippen LogP contribution is -2.13. The van der Waals surface area contributed by atoms with Crippen LogP contribution in [0.5, 0.6) is 5.75 Å². The normalized spacial score (nSPS) is 10.3. The van der Waals surface area contributed by atoms with Crippen molar-refractivity contribution in [2.24, 2.45) is 0 Å². The number of phenols is 1. The smallest absolute Gasteiger partial charge is 0.225 e. The summed E-state index contributed by atoms with van der Waals surface area (Å²) in [6.45, 7) is 0. The van der Waals surface area contributed by atoms with Crippen molar-refractivity contribution in [3.8, 4) is 5.75 Å². The minimum atomic E-state index is -0.649. The van der Waals surface area contributed by atoms with Crippen LogP contribution in [0.25, 0.3) is 0 Å². The lowest BCUT2D eigenvalue weighted by atomic mass is 10.3. The van der Waals surface area contributed by atoms with Crippen LogP contribution < -0.4 is 5.32 Å². The first-order chi connectivity index (χ1) is 10.1. The Morgan fingerprint density at radius 3 is 2.90 bits per heavy atom. The molecule has 21 heavy (non-hydrogen) atoms. The number of hydrogen-bond donors (Lipinski definition) is 2. The molecule has 1 aromatic heterocycles. The summed E-state index contributed by atoms with van der Waals surface area (Å²) in [5, 5.41) is 11.6. The van der Waals surface area contributed by atoms with Crippen LogP contribution in [-0.4, -0.2) is 21.8 Å². The Kier molecular flexibility index (Phi) is 5.57. The van der Waals surface area contributed by atoms with Gasteiger partial charge in [0, 0.05) is 30.2 Å². The summed E-state index contributed by atoms with van der Waals surface area (Å²) in [6, 6.07) is 9.33. The van der Waals surface area contributed by atoms with Crippen molar-refractivity contribution in [2.45, 2.75) is 12.2 Å². The summed E-state index contributed by atoms with van der Waals surface area (Å²) in [4.78, 5) is 15.9. The fourth-order valence-corrected chi connectivity index (χ4v) is 2.50. The molecule has 0 saturated carbocycles. The van der Waals surface area contributed by atoms with Crippen LogP contribution in [0.15, 0.2) is 42.6 Å². The topological polar surface area (TPSA) is 62.2 Å². The van der Waals surface area contributed by atoms with Gasteiger partial charge in [0.2, 0.25) is 5.91 Å². The van der Waals surface area contributed by atoms with Crippen LogP contribution in [0.4, 0.5) is 10.1 Å². The van der Waals surface area contributed by atoms with E-state index >= 15 is 0 Å². The van der Waals surface area contributed by atoms with Gasteiger partial charge >= 0.3 is 0 Å². The second-order valence-corrected chi connectivity index (χ2v) is 5.44. The SMILES string of the molecule is O=C(CCSCc1ccccn1)Nc1ccc(O)cc1F. The van der Waals surface area contributed by atoms with Crippen LogP contribution in [0.3, 0.4) is 0 Å². The quantitative estimate of drug-likeness (QED) is 0.635. The maximum atomic E-state index is 13.4. The van der Waals surface area contributed by atoms with Crippen LogP contribution in [0.2, 0.25) is 0 Å². The fourth-order valence-electron chi connectivity index (χ4n) is 1.64. The number of nitrogens with one attached hydrogen (secondary N) is 1. The van der Waals surface area contributed by atoms with E-state index in [4.69, 9.17) is 5.11 Å². The number of thioether (sulfide) groups is 1. The van der Waals surface area contributed by atoms with Crippen molar-refractivity contribution in [3.05, 3.63) is 54.1 Å². The zero-order chi connectivity index (χ0) is 15.1. The van der Waals surface area contributed by atoms with Crippen molar-refractivity contribution >= 4 is 23.4 Å². The largest absolute Gasteiger partial charge is 0.508 e. The van der Waals surface area contributed by atoms with Gasteiger partial charge in [0.05, 0.1) is 11.4 Å². The third kappa shape index (κ3) is 5.07. The molecule has 0 atom stereocenters. The van der Waals surface area contributed by atoms with Crippen LogP contribution in [0, 0.1) is 5.82 Å². The summed E-state index contributed by atoms with van der Waals surface area (Å²) < 4.78 is 13.4. The molecule has 0 fully saturated rings. The highest BCUT2D eigenvalue weighted by Gasteiger charge is 2.07. The highest BCUT2D eigenvalue weighted by atomic mass is 32.2. The number of amides is 1. The van der Waals surface area contributed by atoms with E-state index in [-0.39, 0.29) is 23.8 Å². The highest BCUT2D eigenvalue weighted by molar-refractivity contribution is 7.98. The number of rotatable bonds is 6. The number of hydrogen-bond acceptors (Lipinski definition) is 4. The Bertz CT molecular complexity index is 608. The molecule has 2 rings (SSSR count). The maximum absolute atomic E-state index is 13.4. The molecule has 0 aliphatic carbocycles. The molecular weight excluding hydrogens is 291 g/mol. The van der Waals surface area contributed by atoms with Crippen molar-refractivity contribution in [1.82, 2.24) is 4.98 Å². The first-order valence-corrected chi connectivity index (χ1v) is 7.56. The number of pyridine rings is 1. The molecule has 1 amide bonds. The molecule has 2 N–H and O–H groups in total. The van der Waals surface area contributed by atoms with E-state index in [9.17, 15) is 9.18 Å². The molecule has 0 unspecified atom stereocenters. The molecule has 1 aromatic carbocycles. The summed E-state index contributed by atoms with van der Waals surface area (Å²) in [5.74, 6) is 0.290. The molecule has 0 radical (unpaired) electrons. The first kappa shape index (κ1) is 15.3. The molecule has 0 bridgehead atoms. The number of anilines is 1. The van der Waals surface area contributed by atoms with Crippen molar-refractivity contribution < 1.29 is 14.3 Å². The van der Waals surface area contributed by atoms with E-state index in [1.54, 1.807) is 18.0 Å². The van der Waals surface area contributed by atoms with Gasteiger partial charge in [-0.2, -0.15) is 11.8 Å². The number of nitrogens with zero attached hydrogens (tertiary/aromatic N) is 1.